The molecule has 5 nitrogen and oxygen atoms in total. The molecule has 0 bridgehead atoms. The lowest BCUT2D eigenvalue weighted by Gasteiger charge is -2.09. The lowest BCUT2D eigenvalue weighted by molar-refractivity contribution is 0.633. The molecule has 3 aromatic rings. The smallest absolute Gasteiger partial charge is 0.128 e. The molecule has 1 aromatic carbocycles. The number of aryl methyl sites for hydroxylation is 2. The normalized spacial score (nSPS) is 10.7. The fourth-order valence-corrected chi connectivity index (χ4v) is 2.84. The Kier molecular flexibility index (Phi) is 3.98. The van der Waals surface area contributed by atoms with Gasteiger partial charge in [0.05, 0.1) is 22.8 Å². The molecule has 2 aromatic heterocycles. The van der Waals surface area contributed by atoms with Crippen molar-refractivity contribution in [2.24, 2.45) is 0 Å². The predicted molar refractivity (Wildman–Crippen MR) is 91.2 cm³/mol. The van der Waals surface area contributed by atoms with Gasteiger partial charge < -0.3 is 5.32 Å². The maximum absolute atomic E-state index is 9.35. The second-order valence-corrected chi connectivity index (χ2v) is 5.50. The predicted octanol–water partition coefficient (Wildman–Crippen LogP) is 3.55. The molecule has 3 rings (SSSR count). The van der Waals surface area contributed by atoms with Gasteiger partial charge in [-0.3, -0.25) is 4.68 Å². The molecule has 0 spiro atoms. The summed E-state index contributed by atoms with van der Waals surface area (Å²) in [5.41, 5.74) is 4.83. The van der Waals surface area contributed by atoms with Crippen LogP contribution in [0.1, 0.15) is 29.4 Å². The maximum Gasteiger partial charge on any atom is 0.128 e. The summed E-state index contributed by atoms with van der Waals surface area (Å²) < 4.78 is 2.00. The van der Waals surface area contributed by atoms with E-state index in [4.69, 9.17) is 0 Å². The number of nitrogens with zero attached hydrogens (tertiary/aromatic N) is 4. The van der Waals surface area contributed by atoms with Crippen LogP contribution in [0.5, 0.6) is 0 Å². The van der Waals surface area contributed by atoms with Gasteiger partial charge in [0.25, 0.3) is 0 Å². The Hall–Kier alpha value is -2.87. The zero-order valence-electron chi connectivity index (χ0n) is 13.6. The fraction of sp³-hybridized carbons (Fsp3) is 0.278. The third-order valence-corrected chi connectivity index (χ3v) is 4.11. The van der Waals surface area contributed by atoms with E-state index in [1.54, 1.807) is 6.07 Å². The van der Waals surface area contributed by atoms with Gasteiger partial charge in [0, 0.05) is 29.7 Å². The third kappa shape index (κ3) is 2.76. The van der Waals surface area contributed by atoms with E-state index in [0.717, 1.165) is 23.1 Å². The number of anilines is 1. The van der Waals surface area contributed by atoms with E-state index in [0.29, 0.717) is 17.9 Å². The van der Waals surface area contributed by atoms with Crippen molar-refractivity contribution in [2.75, 3.05) is 5.32 Å². The summed E-state index contributed by atoms with van der Waals surface area (Å²) >= 11 is 0. The van der Waals surface area contributed by atoms with E-state index in [9.17, 15) is 5.26 Å². The number of nitriles is 1. The summed E-state index contributed by atoms with van der Waals surface area (Å²) in [6.45, 7) is 7.69. The summed E-state index contributed by atoms with van der Waals surface area (Å²) in [6.07, 6.45) is 0. The Labute approximate surface area is 135 Å². The quantitative estimate of drug-likeness (QED) is 0.800. The lowest BCUT2D eigenvalue weighted by atomic mass is 10.1. The highest BCUT2D eigenvalue weighted by atomic mass is 15.3. The van der Waals surface area contributed by atoms with Crippen molar-refractivity contribution in [1.82, 2.24) is 14.8 Å². The number of rotatable bonds is 4. The van der Waals surface area contributed by atoms with Crippen LogP contribution in [0, 0.1) is 25.2 Å². The molecule has 116 valence electrons. The molecule has 0 fully saturated rings. The molecule has 0 aliphatic rings. The van der Waals surface area contributed by atoms with Gasteiger partial charge in [-0.25, -0.2) is 4.98 Å². The third-order valence-electron chi connectivity index (χ3n) is 4.11. The van der Waals surface area contributed by atoms with Gasteiger partial charge >= 0.3 is 0 Å². The van der Waals surface area contributed by atoms with Crippen LogP contribution in [0.2, 0.25) is 0 Å². The molecule has 0 radical (unpaired) electrons. The van der Waals surface area contributed by atoms with Crippen LogP contribution in [0.15, 0.2) is 30.3 Å². The Morgan fingerprint density at radius 3 is 2.74 bits per heavy atom. The van der Waals surface area contributed by atoms with Gasteiger partial charge in [-0.1, -0.05) is 18.2 Å². The zero-order valence-corrected chi connectivity index (χ0v) is 13.6. The van der Waals surface area contributed by atoms with Gasteiger partial charge in [-0.2, -0.15) is 10.4 Å². The molecular formula is C18H19N5. The van der Waals surface area contributed by atoms with E-state index in [1.165, 1.54) is 11.3 Å². The van der Waals surface area contributed by atoms with Crippen molar-refractivity contribution in [3.63, 3.8) is 0 Å². The first-order valence-electron chi connectivity index (χ1n) is 7.70. The van der Waals surface area contributed by atoms with Gasteiger partial charge in [0.2, 0.25) is 0 Å². The topological polar surface area (TPSA) is 66.5 Å². The second kappa shape index (κ2) is 6.09. The van der Waals surface area contributed by atoms with E-state index in [2.05, 4.69) is 35.3 Å². The van der Waals surface area contributed by atoms with Crippen molar-refractivity contribution in [3.8, 4) is 6.07 Å². The molecule has 0 amide bonds. The van der Waals surface area contributed by atoms with Crippen molar-refractivity contribution in [3.05, 3.63) is 52.8 Å². The van der Waals surface area contributed by atoms with Crippen molar-refractivity contribution in [2.45, 2.75) is 33.9 Å². The Balaban J connectivity index is 1.91. The number of para-hydroxylation sites is 1. The highest BCUT2D eigenvalue weighted by Crippen LogP contribution is 2.21. The Morgan fingerprint density at radius 1 is 1.26 bits per heavy atom. The lowest BCUT2D eigenvalue weighted by Crippen LogP contribution is -2.05. The summed E-state index contributed by atoms with van der Waals surface area (Å²) in [4.78, 5) is 4.60. The molecule has 0 atom stereocenters. The SMILES string of the molecule is CCn1nc(C)c(CNc2cc(C#N)c3ccccc3n2)c1C. The van der Waals surface area contributed by atoms with Crippen LogP contribution in [-0.4, -0.2) is 14.8 Å². The Morgan fingerprint density at radius 2 is 2.04 bits per heavy atom. The number of hydrogen-bond donors (Lipinski definition) is 1. The van der Waals surface area contributed by atoms with Crippen LogP contribution >= 0.6 is 0 Å². The zero-order chi connectivity index (χ0) is 16.4. The minimum atomic E-state index is 0.635. The molecular weight excluding hydrogens is 286 g/mol. The van der Waals surface area contributed by atoms with E-state index < -0.39 is 0 Å². The molecule has 0 saturated heterocycles. The number of pyridine rings is 1. The monoisotopic (exact) mass is 305 g/mol. The number of fused-ring (bicyclic) bond motifs is 1. The molecule has 5 heteroatoms. The number of hydrogen-bond acceptors (Lipinski definition) is 4. The van der Waals surface area contributed by atoms with Crippen molar-refractivity contribution >= 4 is 16.7 Å². The van der Waals surface area contributed by atoms with Crippen molar-refractivity contribution in [1.29, 1.82) is 5.26 Å². The first-order chi connectivity index (χ1) is 11.1. The Bertz CT molecular complexity index is 902. The molecule has 0 aliphatic carbocycles. The molecule has 0 saturated carbocycles. The van der Waals surface area contributed by atoms with E-state index in [-0.39, 0.29) is 0 Å². The van der Waals surface area contributed by atoms with E-state index >= 15 is 0 Å². The minimum Gasteiger partial charge on any atom is -0.366 e. The average Bonchev–Trinajstić information content (AvgIpc) is 2.85. The van der Waals surface area contributed by atoms with Gasteiger partial charge in [0.15, 0.2) is 0 Å². The van der Waals surface area contributed by atoms with Crippen LogP contribution < -0.4 is 5.32 Å². The largest absolute Gasteiger partial charge is 0.366 e. The van der Waals surface area contributed by atoms with Crippen molar-refractivity contribution < 1.29 is 0 Å². The fourth-order valence-electron chi connectivity index (χ4n) is 2.84. The molecule has 0 aliphatic heterocycles. The molecule has 23 heavy (non-hydrogen) atoms. The minimum absolute atomic E-state index is 0.635. The molecule has 2 heterocycles. The number of benzene rings is 1. The first-order valence-corrected chi connectivity index (χ1v) is 7.70. The van der Waals surface area contributed by atoms with E-state index in [1.807, 2.05) is 35.9 Å². The highest BCUT2D eigenvalue weighted by Gasteiger charge is 2.11. The summed E-state index contributed by atoms with van der Waals surface area (Å²) in [5, 5.41) is 18.1. The maximum atomic E-state index is 9.35. The molecule has 1 N–H and O–H groups in total. The van der Waals surface area contributed by atoms with Gasteiger partial charge in [-0.15, -0.1) is 0 Å². The van der Waals surface area contributed by atoms with Crippen LogP contribution in [0.4, 0.5) is 5.82 Å². The van der Waals surface area contributed by atoms with Crippen LogP contribution in [0.25, 0.3) is 10.9 Å². The van der Waals surface area contributed by atoms with Gasteiger partial charge in [-0.05, 0) is 32.9 Å². The summed E-state index contributed by atoms with van der Waals surface area (Å²) in [7, 11) is 0. The summed E-state index contributed by atoms with van der Waals surface area (Å²) in [6, 6.07) is 11.7. The number of aromatic nitrogens is 3. The average molecular weight is 305 g/mol. The van der Waals surface area contributed by atoms with Crippen LogP contribution in [0.3, 0.4) is 0 Å². The number of nitrogens with one attached hydrogen (secondary N) is 1. The standard InChI is InChI=1S/C18H19N5/c1-4-23-13(3)16(12(2)22-23)11-20-18-9-14(10-19)15-7-5-6-8-17(15)21-18/h5-9H,4,11H2,1-3H3,(H,20,21). The van der Waals surface area contributed by atoms with Gasteiger partial charge in [0.1, 0.15) is 5.82 Å². The highest BCUT2D eigenvalue weighted by molar-refractivity contribution is 5.86. The summed E-state index contributed by atoms with van der Waals surface area (Å²) in [5.74, 6) is 0.711. The van der Waals surface area contributed by atoms with Crippen LogP contribution in [-0.2, 0) is 13.1 Å². The first kappa shape index (κ1) is 15.0. The second-order valence-electron chi connectivity index (χ2n) is 5.50. The molecule has 0 unspecified atom stereocenters.